The van der Waals surface area contributed by atoms with Gasteiger partial charge in [0.15, 0.2) is 0 Å². The zero-order valence-electron chi connectivity index (χ0n) is 9.06. The average Bonchev–Trinajstić information content (AvgIpc) is 2.78. The SMILES string of the molecule is O=[N+]([O-])c1ccc([O-])c(-c2cc(C(F)(F)F)[nH]n2)c1. The number of hydrogen-bond acceptors (Lipinski definition) is 4. The Morgan fingerprint density at radius 1 is 1.26 bits per heavy atom. The number of halogens is 3. The number of non-ortho nitro benzene ring substituents is 1. The van der Waals surface area contributed by atoms with Crippen LogP contribution in [0.2, 0.25) is 0 Å². The van der Waals surface area contributed by atoms with E-state index in [2.05, 4.69) is 5.10 Å². The molecule has 0 saturated heterocycles. The number of hydrogen-bond donors (Lipinski definition) is 1. The van der Waals surface area contributed by atoms with Crippen LogP contribution in [-0.2, 0) is 6.18 Å². The molecule has 0 aliphatic heterocycles. The van der Waals surface area contributed by atoms with Crippen molar-refractivity contribution in [3.8, 4) is 17.0 Å². The van der Waals surface area contributed by atoms with Crippen LogP contribution in [0.1, 0.15) is 5.69 Å². The lowest BCUT2D eigenvalue weighted by Crippen LogP contribution is -2.04. The molecule has 1 heterocycles. The highest BCUT2D eigenvalue weighted by Gasteiger charge is 2.33. The Kier molecular flexibility index (Phi) is 2.89. The molecule has 2 rings (SSSR count). The summed E-state index contributed by atoms with van der Waals surface area (Å²) in [6.45, 7) is 0. The van der Waals surface area contributed by atoms with Gasteiger partial charge in [-0.2, -0.15) is 18.3 Å². The smallest absolute Gasteiger partial charge is 0.432 e. The molecular weight excluding hydrogens is 267 g/mol. The summed E-state index contributed by atoms with van der Waals surface area (Å²) < 4.78 is 37.1. The Bertz CT molecular complexity index is 636. The van der Waals surface area contributed by atoms with E-state index in [1.165, 1.54) is 0 Å². The third-order valence-electron chi connectivity index (χ3n) is 2.33. The van der Waals surface area contributed by atoms with Crippen LogP contribution in [0.25, 0.3) is 11.3 Å². The van der Waals surface area contributed by atoms with Crippen molar-refractivity contribution in [1.82, 2.24) is 10.2 Å². The summed E-state index contributed by atoms with van der Waals surface area (Å²) in [6.07, 6.45) is -4.63. The van der Waals surface area contributed by atoms with E-state index in [4.69, 9.17) is 0 Å². The third kappa shape index (κ3) is 2.49. The molecule has 19 heavy (non-hydrogen) atoms. The van der Waals surface area contributed by atoms with Crippen LogP contribution in [0, 0.1) is 10.1 Å². The lowest BCUT2D eigenvalue weighted by molar-refractivity contribution is -0.385. The number of aromatic amines is 1. The number of rotatable bonds is 2. The van der Waals surface area contributed by atoms with E-state index < -0.39 is 28.2 Å². The van der Waals surface area contributed by atoms with Crippen LogP contribution in [-0.4, -0.2) is 15.1 Å². The standard InChI is InChI=1S/C10H6F3N3O3/c11-10(12,13)9-4-7(14-15-9)6-3-5(16(18)19)1-2-8(6)17/h1-4,17H,(H,14,15)/p-1. The van der Waals surface area contributed by atoms with E-state index in [-0.39, 0.29) is 11.3 Å². The number of nitro groups is 1. The Morgan fingerprint density at radius 2 is 1.95 bits per heavy atom. The van der Waals surface area contributed by atoms with Crippen LogP contribution in [0.15, 0.2) is 24.3 Å². The summed E-state index contributed by atoms with van der Waals surface area (Å²) in [4.78, 5) is 9.81. The minimum absolute atomic E-state index is 0.263. The maximum Gasteiger partial charge on any atom is 0.432 e. The summed E-state index contributed by atoms with van der Waals surface area (Å²) in [5.41, 5.74) is -2.08. The van der Waals surface area contributed by atoms with Crippen molar-refractivity contribution in [3.05, 3.63) is 40.1 Å². The van der Waals surface area contributed by atoms with Crippen molar-refractivity contribution in [2.75, 3.05) is 0 Å². The molecule has 1 aromatic carbocycles. The molecule has 0 aliphatic carbocycles. The third-order valence-corrected chi connectivity index (χ3v) is 2.33. The minimum atomic E-state index is -4.63. The van der Waals surface area contributed by atoms with Gasteiger partial charge in [-0.25, -0.2) is 0 Å². The van der Waals surface area contributed by atoms with Crippen molar-refractivity contribution >= 4 is 5.69 Å². The summed E-state index contributed by atoms with van der Waals surface area (Å²) in [7, 11) is 0. The lowest BCUT2D eigenvalue weighted by Gasteiger charge is -2.10. The largest absolute Gasteiger partial charge is 0.872 e. The molecule has 6 nitrogen and oxygen atoms in total. The predicted octanol–water partition coefficient (Wildman–Crippen LogP) is 2.08. The predicted molar refractivity (Wildman–Crippen MR) is 55.1 cm³/mol. The number of nitro benzene ring substituents is 1. The first-order chi connectivity index (χ1) is 8.79. The Balaban J connectivity index is 2.49. The highest BCUT2D eigenvalue weighted by atomic mass is 19.4. The van der Waals surface area contributed by atoms with E-state index in [0.29, 0.717) is 6.07 Å². The van der Waals surface area contributed by atoms with Gasteiger partial charge in [0.25, 0.3) is 5.69 Å². The fraction of sp³-hybridized carbons (Fsp3) is 0.100. The second kappa shape index (κ2) is 4.26. The van der Waals surface area contributed by atoms with Gasteiger partial charge >= 0.3 is 6.18 Å². The minimum Gasteiger partial charge on any atom is -0.872 e. The van der Waals surface area contributed by atoms with E-state index in [1.807, 2.05) is 0 Å². The van der Waals surface area contributed by atoms with Crippen LogP contribution in [0.5, 0.6) is 5.75 Å². The summed E-state index contributed by atoms with van der Waals surface area (Å²) >= 11 is 0. The number of H-pyrrole nitrogens is 1. The first-order valence-corrected chi connectivity index (χ1v) is 4.87. The van der Waals surface area contributed by atoms with E-state index >= 15 is 0 Å². The number of alkyl halides is 3. The van der Waals surface area contributed by atoms with Crippen LogP contribution in [0.3, 0.4) is 0 Å². The summed E-state index contributed by atoms with van der Waals surface area (Å²) in [5.74, 6) is -0.647. The Labute approximate surface area is 103 Å². The monoisotopic (exact) mass is 272 g/mol. The van der Waals surface area contributed by atoms with Crippen LogP contribution < -0.4 is 5.11 Å². The molecule has 1 N–H and O–H groups in total. The van der Waals surface area contributed by atoms with E-state index in [9.17, 15) is 28.4 Å². The molecule has 0 unspecified atom stereocenters. The maximum atomic E-state index is 12.4. The van der Waals surface area contributed by atoms with Crippen LogP contribution in [0.4, 0.5) is 18.9 Å². The molecule has 1 aromatic heterocycles. The highest BCUT2D eigenvalue weighted by molar-refractivity contribution is 5.69. The van der Waals surface area contributed by atoms with Gasteiger partial charge in [-0.1, -0.05) is 11.8 Å². The van der Waals surface area contributed by atoms with Gasteiger partial charge in [0.05, 0.1) is 10.6 Å². The van der Waals surface area contributed by atoms with Crippen molar-refractivity contribution in [2.45, 2.75) is 6.18 Å². The second-order valence-corrected chi connectivity index (χ2v) is 3.60. The van der Waals surface area contributed by atoms with Crippen molar-refractivity contribution < 1.29 is 23.2 Å². The molecule has 0 bridgehead atoms. The fourth-order valence-electron chi connectivity index (χ4n) is 1.44. The maximum absolute atomic E-state index is 12.4. The quantitative estimate of drug-likeness (QED) is 0.668. The molecule has 9 heteroatoms. The van der Waals surface area contributed by atoms with E-state index in [0.717, 1.165) is 18.2 Å². The first kappa shape index (κ1) is 12.9. The first-order valence-electron chi connectivity index (χ1n) is 4.87. The topological polar surface area (TPSA) is 94.9 Å². The number of nitrogens with one attached hydrogen (secondary N) is 1. The Hall–Kier alpha value is -2.58. The molecule has 0 amide bonds. The summed E-state index contributed by atoms with van der Waals surface area (Å²) in [6, 6.07) is 3.40. The molecule has 0 spiro atoms. The highest BCUT2D eigenvalue weighted by Crippen LogP contribution is 2.34. The molecule has 0 radical (unpaired) electrons. The van der Waals surface area contributed by atoms with Gasteiger partial charge in [-0.3, -0.25) is 15.2 Å². The van der Waals surface area contributed by atoms with Crippen LogP contribution >= 0.6 is 0 Å². The molecule has 2 aromatic rings. The number of nitrogens with zero attached hydrogens (tertiary/aromatic N) is 2. The average molecular weight is 272 g/mol. The molecule has 0 saturated carbocycles. The van der Waals surface area contributed by atoms with Crippen molar-refractivity contribution in [1.29, 1.82) is 0 Å². The normalized spacial score (nSPS) is 11.5. The molecule has 0 fully saturated rings. The number of aromatic nitrogens is 2. The molecule has 0 aliphatic rings. The van der Waals surface area contributed by atoms with Gasteiger partial charge in [-0.05, 0) is 6.07 Å². The van der Waals surface area contributed by atoms with Gasteiger partial charge in [-0.15, -0.1) is 0 Å². The zero-order valence-corrected chi connectivity index (χ0v) is 9.06. The van der Waals surface area contributed by atoms with E-state index in [1.54, 1.807) is 5.10 Å². The van der Waals surface area contributed by atoms with Gasteiger partial charge in [0.1, 0.15) is 5.69 Å². The van der Waals surface area contributed by atoms with Gasteiger partial charge in [0, 0.05) is 17.7 Å². The number of benzene rings is 1. The molecule has 0 atom stereocenters. The lowest BCUT2D eigenvalue weighted by atomic mass is 10.1. The fourth-order valence-corrected chi connectivity index (χ4v) is 1.44. The van der Waals surface area contributed by atoms with Crippen molar-refractivity contribution in [3.63, 3.8) is 0 Å². The zero-order chi connectivity index (χ0) is 14.2. The van der Waals surface area contributed by atoms with Crippen molar-refractivity contribution in [2.24, 2.45) is 0 Å². The van der Waals surface area contributed by atoms with Gasteiger partial charge in [0.2, 0.25) is 0 Å². The second-order valence-electron chi connectivity index (χ2n) is 3.60. The molecule has 100 valence electrons. The summed E-state index contributed by atoms with van der Waals surface area (Å²) in [5, 5.41) is 27.1. The van der Waals surface area contributed by atoms with Gasteiger partial charge < -0.3 is 5.11 Å². The molecular formula is C10H5F3N3O3-. The Morgan fingerprint density at radius 3 is 2.47 bits per heavy atom.